The molecule has 2 bridgehead atoms. The van der Waals surface area contributed by atoms with E-state index in [4.69, 9.17) is 5.73 Å². The Labute approximate surface area is 174 Å². The minimum absolute atomic E-state index is 0. The van der Waals surface area contributed by atoms with E-state index in [1.165, 1.54) is 0 Å². The fourth-order valence-corrected chi connectivity index (χ4v) is 7.40. The molecule has 3 N–H and O–H groups in total. The van der Waals surface area contributed by atoms with Gasteiger partial charge in [0.05, 0.1) is 16.9 Å². The molecule has 1 aromatic rings. The number of nitrogens with two attached hydrogens (primary N) is 1. The summed E-state index contributed by atoms with van der Waals surface area (Å²) in [6.45, 7) is 0. The van der Waals surface area contributed by atoms with Crippen LogP contribution < -0.4 is 11.1 Å². The second-order valence-electron chi connectivity index (χ2n) is 8.69. The average Bonchev–Trinajstić information content (AvgIpc) is 3.23. The normalized spacial score (nSPS) is 30.0. The van der Waals surface area contributed by atoms with Gasteiger partial charge in [-0.15, -0.1) is 12.4 Å². The van der Waals surface area contributed by atoms with Crippen LogP contribution >= 0.6 is 12.4 Å². The Bertz CT molecular complexity index is 806. The van der Waals surface area contributed by atoms with Gasteiger partial charge in [-0.1, -0.05) is 31.4 Å². The highest BCUT2D eigenvalue weighted by Gasteiger charge is 2.49. The number of hydrogen-bond donors (Lipinski definition) is 2. The predicted octanol–water partition coefficient (Wildman–Crippen LogP) is 3.67. The van der Waals surface area contributed by atoms with Crippen molar-refractivity contribution in [3.8, 4) is 0 Å². The first-order chi connectivity index (χ1) is 12.9. The topological polar surface area (TPSA) is 89.3 Å². The Balaban J connectivity index is 0.00000225. The zero-order valence-electron chi connectivity index (χ0n) is 16.2. The Kier molecular flexibility index (Phi) is 6.72. The van der Waals surface area contributed by atoms with Gasteiger partial charge in [-0.25, -0.2) is 8.42 Å². The molecule has 28 heavy (non-hydrogen) atoms. The van der Waals surface area contributed by atoms with Gasteiger partial charge in [0.1, 0.15) is 0 Å². The second-order valence-corrected chi connectivity index (χ2v) is 11.0. The zero-order valence-corrected chi connectivity index (χ0v) is 17.8. The monoisotopic (exact) mass is 426 g/mol. The molecule has 4 unspecified atom stereocenters. The van der Waals surface area contributed by atoms with Crippen molar-refractivity contribution in [1.29, 1.82) is 0 Å². The number of fused-ring (bicyclic) bond motifs is 2. The van der Waals surface area contributed by atoms with E-state index in [0.717, 1.165) is 56.9 Å². The number of hydrogen-bond acceptors (Lipinski definition) is 4. The first-order valence-corrected chi connectivity index (χ1v) is 12.0. The summed E-state index contributed by atoms with van der Waals surface area (Å²) in [5.74, 6) is 0.813. The van der Waals surface area contributed by atoms with Crippen molar-refractivity contribution in [3.05, 3.63) is 29.8 Å². The smallest absolute Gasteiger partial charge is 0.229 e. The van der Waals surface area contributed by atoms with Crippen molar-refractivity contribution in [3.63, 3.8) is 0 Å². The minimum Gasteiger partial charge on any atom is -0.327 e. The number of nitrogens with one attached hydrogen (secondary N) is 1. The lowest BCUT2D eigenvalue weighted by Crippen LogP contribution is -2.42. The Morgan fingerprint density at radius 2 is 1.79 bits per heavy atom. The summed E-state index contributed by atoms with van der Waals surface area (Å²) >= 11 is 0. The van der Waals surface area contributed by atoms with E-state index in [0.29, 0.717) is 17.5 Å². The van der Waals surface area contributed by atoms with Crippen LogP contribution in [0.5, 0.6) is 0 Å². The Morgan fingerprint density at radius 3 is 2.46 bits per heavy atom. The number of anilines is 1. The molecule has 3 aliphatic rings. The van der Waals surface area contributed by atoms with E-state index in [1.54, 1.807) is 6.07 Å². The molecule has 0 spiro atoms. The number of amides is 1. The highest BCUT2D eigenvalue weighted by molar-refractivity contribution is 7.91. The van der Waals surface area contributed by atoms with E-state index >= 15 is 0 Å². The maximum atomic E-state index is 12.7. The molecule has 0 aromatic heterocycles. The maximum Gasteiger partial charge on any atom is 0.229 e. The van der Waals surface area contributed by atoms with Gasteiger partial charge < -0.3 is 11.1 Å². The summed E-state index contributed by atoms with van der Waals surface area (Å²) < 4.78 is 25.4. The molecule has 1 amide bonds. The maximum absolute atomic E-state index is 12.7. The van der Waals surface area contributed by atoms with Crippen LogP contribution in [-0.2, 0) is 20.4 Å². The summed E-state index contributed by atoms with van der Waals surface area (Å²) in [7, 11) is -3.15. The van der Waals surface area contributed by atoms with Crippen molar-refractivity contribution < 1.29 is 13.2 Å². The number of halogens is 1. The third kappa shape index (κ3) is 4.39. The molecule has 0 radical (unpaired) electrons. The molecule has 0 saturated heterocycles. The first kappa shape index (κ1) is 21.6. The number of carbonyl (C=O) groups excluding carboxylic acids is 1. The van der Waals surface area contributed by atoms with Gasteiger partial charge in [-0.2, -0.15) is 0 Å². The van der Waals surface area contributed by atoms with Gasteiger partial charge in [0, 0.05) is 11.7 Å². The number of carbonyl (C=O) groups is 1. The number of rotatable bonds is 5. The molecule has 4 atom stereocenters. The molecule has 3 fully saturated rings. The molecule has 0 aliphatic heterocycles. The largest absolute Gasteiger partial charge is 0.327 e. The summed E-state index contributed by atoms with van der Waals surface area (Å²) in [4.78, 5) is 12.7. The fourth-order valence-electron chi connectivity index (χ4n) is 5.46. The molecule has 3 saturated carbocycles. The number of benzene rings is 1. The molecule has 5 nitrogen and oxygen atoms in total. The van der Waals surface area contributed by atoms with Crippen LogP contribution in [0.1, 0.15) is 56.9 Å². The molecular formula is C21H31ClN2O3S. The number of sulfone groups is 1. The highest BCUT2D eigenvalue weighted by atomic mass is 35.5. The zero-order chi connectivity index (χ0) is 19.0. The van der Waals surface area contributed by atoms with Crippen LogP contribution in [0.25, 0.3) is 0 Å². The highest BCUT2D eigenvalue weighted by Crippen LogP contribution is 2.47. The van der Waals surface area contributed by atoms with Gasteiger partial charge in [0.15, 0.2) is 9.84 Å². The second kappa shape index (κ2) is 8.72. The van der Waals surface area contributed by atoms with Gasteiger partial charge >= 0.3 is 0 Å². The van der Waals surface area contributed by atoms with Crippen molar-refractivity contribution in [2.75, 3.05) is 5.32 Å². The van der Waals surface area contributed by atoms with Crippen molar-refractivity contribution in [2.45, 2.75) is 68.4 Å². The van der Waals surface area contributed by atoms with E-state index in [2.05, 4.69) is 5.32 Å². The Hall–Kier alpha value is -1.11. The summed E-state index contributed by atoms with van der Waals surface area (Å²) in [5, 5.41) is 2.78. The van der Waals surface area contributed by atoms with Crippen LogP contribution in [0.4, 0.5) is 5.69 Å². The van der Waals surface area contributed by atoms with Crippen LogP contribution in [0.2, 0.25) is 0 Å². The molecule has 0 heterocycles. The van der Waals surface area contributed by atoms with Gasteiger partial charge in [0.2, 0.25) is 5.91 Å². The summed E-state index contributed by atoms with van der Waals surface area (Å²) in [6, 6.07) is 7.24. The first-order valence-electron chi connectivity index (χ1n) is 10.3. The molecule has 1 aromatic carbocycles. The van der Waals surface area contributed by atoms with E-state index in [9.17, 15) is 13.2 Å². The third-order valence-corrected chi connectivity index (χ3v) is 9.13. The van der Waals surface area contributed by atoms with Crippen molar-refractivity contribution in [1.82, 2.24) is 0 Å². The SMILES string of the molecule is Cl.NC1C2CCC(C2)C1C(=O)Nc1cccc(CS(=O)(=O)C2CCCCC2)c1. The summed E-state index contributed by atoms with van der Waals surface area (Å²) in [5.41, 5.74) is 7.69. The van der Waals surface area contributed by atoms with Gasteiger partial charge in [0.25, 0.3) is 0 Å². The quantitative estimate of drug-likeness (QED) is 0.751. The lowest BCUT2D eigenvalue weighted by molar-refractivity contribution is -0.121. The third-order valence-electron chi connectivity index (χ3n) is 6.91. The standard InChI is InChI=1S/C21H30N2O3S.ClH/c22-20-16-10-9-15(12-16)19(20)21(24)23-17-6-4-5-14(11-17)13-27(25,26)18-7-2-1-3-8-18;/h4-6,11,15-16,18-20H,1-3,7-10,12-13,22H2,(H,23,24);1H. The van der Waals surface area contributed by atoms with Crippen molar-refractivity contribution in [2.24, 2.45) is 23.5 Å². The van der Waals surface area contributed by atoms with Crippen LogP contribution in [0, 0.1) is 17.8 Å². The molecule has 7 heteroatoms. The summed E-state index contributed by atoms with van der Waals surface area (Å²) in [6.07, 6.45) is 8.01. The van der Waals surface area contributed by atoms with Crippen molar-refractivity contribution >= 4 is 33.8 Å². The molecule has 4 rings (SSSR count). The van der Waals surface area contributed by atoms with Gasteiger partial charge in [-0.3, -0.25) is 4.79 Å². The van der Waals surface area contributed by atoms with Gasteiger partial charge in [-0.05, 0) is 61.6 Å². The van der Waals surface area contributed by atoms with E-state index < -0.39 is 9.84 Å². The minimum atomic E-state index is -3.15. The average molecular weight is 427 g/mol. The Morgan fingerprint density at radius 1 is 1.07 bits per heavy atom. The lowest BCUT2D eigenvalue weighted by Gasteiger charge is -2.27. The predicted molar refractivity (Wildman–Crippen MR) is 114 cm³/mol. The van der Waals surface area contributed by atoms with Crippen LogP contribution in [0.3, 0.4) is 0 Å². The molecular weight excluding hydrogens is 396 g/mol. The fraction of sp³-hybridized carbons (Fsp3) is 0.667. The lowest BCUT2D eigenvalue weighted by atomic mass is 9.84. The van der Waals surface area contributed by atoms with E-state index in [-0.39, 0.29) is 41.3 Å². The van der Waals surface area contributed by atoms with Crippen LogP contribution in [0.15, 0.2) is 24.3 Å². The van der Waals surface area contributed by atoms with E-state index in [1.807, 2.05) is 18.2 Å². The van der Waals surface area contributed by atoms with Crippen LogP contribution in [-0.4, -0.2) is 25.6 Å². The molecule has 156 valence electrons. The molecule has 3 aliphatic carbocycles.